The van der Waals surface area contributed by atoms with Crippen LogP contribution in [-0.2, 0) is 43.9 Å². The molecule has 0 aliphatic heterocycles. The quantitative estimate of drug-likeness (QED) is 0.189. The molecule has 49 heavy (non-hydrogen) atoms. The van der Waals surface area contributed by atoms with Crippen molar-refractivity contribution in [3.8, 4) is 5.75 Å². The molecule has 0 heterocycles. The molecule has 260 valence electrons. The SMILES string of the molecule is Cc1cc(S(=O)(=O)[O-])c2c(c1OS(=O)(=O)c1cc(C34CC5CC(CC(C5)C3)C4)c3ccccc3c1C13CC4CC(CC(C4)C1)C3)CCCC2. The summed E-state index contributed by atoms with van der Waals surface area (Å²) in [6.07, 6.45) is 16.7. The van der Waals surface area contributed by atoms with Crippen LogP contribution in [0.25, 0.3) is 10.8 Å². The number of hydrogen-bond donors (Lipinski definition) is 0. The highest BCUT2D eigenvalue weighted by molar-refractivity contribution is 7.87. The minimum Gasteiger partial charge on any atom is -0.744 e. The van der Waals surface area contributed by atoms with Gasteiger partial charge >= 0.3 is 10.1 Å². The topological polar surface area (TPSA) is 101 Å². The highest BCUT2D eigenvalue weighted by Crippen LogP contribution is 2.65. The largest absolute Gasteiger partial charge is 0.744 e. The fourth-order valence-corrected chi connectivity index (χ4v) is 16.1. The standard InChI is InChI=1S/C41H48O6S2/c1-24-10-36(48(42,43)44)32-7-3-5-9-34(32)39(24)47-49(45,46)37-17-35(40-18-25-11-26(19-40)13-27(12-25)20-40)31-6-2-4-8-33(31)38(37)41-21-28-14-29(22-41)16-30(15-28)23-41/h2,4,6,8,10,17,25-30H,3,5,7,9,11-16,18-23H2,1H3,(H,42,43,44)/p-1. The maximum Gasteiger partial charge on any atom is 0.339 e. The van der Waals surface area contributed by atoms with Gasteiger partial charge in [-0.1, -0.05) is 24.3 Å². The summed E-state index contributed by atoms with van der Waals surface area (Å²) in [5, 5.41) is 2.35. The average Bonchev–Trinajstić information content (AvgIpc) is 3.03. The second-order valence-electron chi connectivity index (χ2n) is 17.9. The van der Waals surface area contributed by atoms with Gasteiger partial charge in [0.05, 0.1) is 4.90 Å². The molecule has 0 radical (unpaired) electrons. The second-order valence-corrected chi connectivity index (χ2v) is 20.8. The lowest BCUT2D eigenvalue weighted by molar-refractivity contribution is -0.00703. The van der Waals surface area contributed by atoms with Crippen molar-refractivity contribution in [2.45, 2.75) is 130 Å². The fraction of sp³-hybridized carbons (Fsp3) is 0.610. The maximum absolute atomic E-state index is 15.3. The minimum absolute atomic E-state index is 0.0160. The summed E-state index contributed by atoms with van der Waals surface area (Å²) in [6, 6.07) is 12.1. The first kappa shape index (κ1) is 31.3. The zero-order valence-corrected chi connectivity index (χ0v) is 30.1. The molecule has 8 bridgehead atoms. The molecule has 0 spiro atoms. The van der Waals surface area contributed by atoms with Crippen LogP contribution in [-0.4, -0.2) is 21.4 Å². The predicted molar refractivity (Wildman–Crippen MR) is 187 cm³/mol. The lowest BCUT2D eigenvalue weighted by Crippen LogP contribution is -2.50. The van der Waals surface area contributed by atoms with Crippen LogP contribution in [0.2, 0.25) is 0 Å². The molecule has 0 N–H and O–H groups in total. The van der Waals surface area contributed by atoms with E-state index in [1.165, 1.54) is 55.5 Å². The van der Waals surface area contributed by atoms with Gasteiger partial charge in [-0.15, -0.1) is 0 Å². The van der Waals surface area contributed by atoms with Crippen molar-refractivity contribution >= 4 is 31.0 Å². The van der Waals surface area contributed by atoms with Crippen molar-refractivity contribution in [2.24, 2.45) is 35.5 Å². The summed E-state index contributed by atoms with van der Waals surface area (Å²) in [6.45, 7) is 1.68. The third-order valence-corrected chi connectivity index (χ3v) is 16.8. The van der Waals surface area contributed by atoms with Gasteiger partial charge in [-0.2, -0.15) is 8.42 Å². The molecule has 12 rings (SSSR count). The maximum atomic E-state index is 15.3. The zero-order valence-electron chi connectivity index (χ0n) is 28.5. The molecule has 0 amide bonds. The van der Waals surface area contributed by atoms with Gasteiger partial charge in [0, 0.05) is 5.56 Å². The monoisotopic (exact) mass is 699 g/mol. The lowest BCUT2D eigenvalue weighted by Gasteiger charge is -2.58. The van der Waals surface area contributed by atoms with Crippen LogP contribution in [0.3, 0.4) is 0 Å². The Kier molecular flexibility index (Phi) is 6.76. The van der Waals surface area contributed by atoms with Crippen LogP contribution in [0, 0.1) is 42.4 Å². The Morgan fingerprint density at radius 1 is 0.653 bits per heavy atom. The summed E-state index contributed by atoms with van der Waals surface area (Å²) in [4.78, 5) is 0.122. The molecule has 0 unspecified atom stereocenters. The van der Waals surface area contributed by atoms with Crippen molar-refractivity contribution < 1.29 is 25.6 Å². The smallest absolute Gasteiger partial charge is 0.339 e. The fourth-order valence-electron chi connectivity index (χ4n) is 13.9. The molecule has 0 saturated heterocycles. The molecule has 9 aliphatic carbocycles. The summed E-state index contributed by atoms with van der Waals surface area (Å²) in [7, 11) is -9.07. The van der Waals surface area contributed by atoms with Crippen LogP contribution in [0.1, 0.15) is 118 Å². The molecule has 8 saturated carbocycles. The first-order valence-electron chi connectivity index (χ1n) is 19.0. The van der Waals surface area contributed by atoms with Gasteiger partial charge in [0.1, 0.15) is 20.8 Å². The number of fused-ring (bicyclic) bond motifs is 2. The molecular weight excluding hydrogens is 653 g/mol. The first-order chi connectivity index (χ1) is 23.4. The van der Waals surface area contributed by atoms with Gasteiger partial charge in [-0.05, 0) is 201 Å². The van der Waals surface area contributed by atoms with Gasteiger partial charge in [-0.3, -0.25) is 0 Å². The molecular formula is C41H47O6S2-. The molecule has 0 atom stereocenters. The Bertz CT molecular complexity index is 2060. The molecule has 3 aromatic rings. The van der Waals surface area contributed by atoms with Crippen molar-refractivity contribution in [2.75, 3.05) is 0 Å². The third-order valence-electron chi connectivity index (χ3n) is 14.7. The Hall–Kier alpha value is -2.42. The van der Waals surface area contributed by atoms with Crippen molar-refractivity contribution in [1.82, 2.24) is 0 Å². The van der Waals surface area contributed by atoms with Gasteiger partial charge in [0.15, 0.2) is 0 Å². The van der Waals surface area contributed by atoms with E-state index in [-0.39, 0.29) is 21.5 Å². The zero-order chi connectivity index (χ0) is 33.5. The molecule has 3 aromatic carbocycles. The van der Waals surface area contributed by atoms with Gasteiger partial charge in [0.2, 0.25) is 0 Å². The number of rotatable bonds is 6. The highest BCUT2D eigenvalue weighted by Gasteiger charge is 2.56. The van der Waals surface area contributed by atoms with E-state index in [1.807, 2.05) is 0 Å². The van der Waals surface area contributed by atoms with Crippen molar-refractivity contribution in [3.05, 3.63) is 64.2 Å². The molecule has 6 nitrogen and oxygen atoms in total. The average molecular weight is 700 g/mol. The van der Waals surface area contributed by atoms with Gasteiger partial charge in [0.25, 0.3) is 0 Å². The van der Waals surface area contributed by atoms with E-state index < -0.39 is 20.2 Å². The van der Waals surface area contributed by atoms with E-state index in [9.17, 15) is 13.0 Å². The molecule has 0 aromatic heterocycles. The minimum atomic E-state index is -4.72. The Morgan fingerprint density at radius 3 is 1.67 bits per heavy atom. The number of hydrogen-bond acceptors (Lipinski definition) is 6. The second kappa shape index (κ2) is 10.6. The number of aryl methyl sites for hydroxylation is 1. The summed E-state index contributed by atoms with van der Waals surface area (Å²) in [5.41, 5.74) is 3.38. The summed E-state index contributed by atoms with van der Waals surface area (Å²) in [5.74, 6) is 4.29. The van der Waals surface area contributed by atoms with Gasteiger partial charge in [-0.25, -0.2) is 8.42 Å². The van der Waals surface area contributed by atoms with Crippen molar-refractivity contribution in [1.29, 1.82) is 0 Å². The Balaban J connectivity index is 1.21. The van der Waals surface area contributed by atoms with Crippen LogP contribution in [0.5, 0.6) is 5.75 Å². The van der Waals surface area contributed by atoms with Crippen LogP contribution >= 0.6 is 0 Å². The van der Waals surface area contributed by atoms with Gasteiger partial charge < -0.3 is 8.74 Å². The summed E-state index contributed by atoms with van der Waals surface area (Å²) >= 11 is 0. The summed E-state index contributed by atoms with van der Waals surface area (Å²) < 4.78 is 73.9. The Labute approximate surface area is 291 Å². The molecule has 8 heteroatoms. The van der Waals surface area contributed by atoms with Crippen LogP contribution in [0.4, 0.5) is 0 Å². The number of benzene rings is 3. The molecule has 9 aliphatic rings. The Morgan fingerprint density at radius 2 is 1.14 bits per heavy atom. The third kappa shape index (κ3) is 4.78. The first-order valence-corrected chi connectivity index (χ1v) is 21.8. The van der Waals surface area contributed by atoms with Crippen LogP contribution < -0.4 is 4.18 Å². The van der Waals surface area contributed by atoms with Crippen molar-refractivity contribution in [3.63, 3.8) is 0 Å². The highest BCUT2D eigenvalue weighted by atomic mass is 32.2. The van der Waals surface area contributed by atoms with Crippen LogP contribution in [0.15, 0.2) is 46.2 Å². The van der Waals surface area contributed by atoms with E-state index in [4.69, 9.17) is 4.18 Å². The van der Waals surface area contributed by atoms with E-state index in [0.717, 1.165) is 62.3 Å². The lowest BCUT2D eigenvalue weighted by atomic mass is 9.46. The van der Waals surface area contributed by atoms with E-state index >= 15 is 8.42 Å². The normalized spacial score (nSPS) is 36.0. The van der Waals surface area contributed by atoms with E-state index in [1.54, 1.807) is 6.92 Å². The molecule has 8 fully saturated rings. The predicted octanol–water partition coefficient (Wildman–Crippen LogP) is 8.63. The van der Waals surface area contributed by atoms with E-state index in [2.05, 4.69) is 30.3 Å². The van der Waals surface area contributed by atoms with E-state index in [0.29, 0.717) is 69.9 Å².